The second-order valence-electron chi connectivity index (χ2n) is 5.96. The van der Waals surface area contributed by atoms with Crippen molar-refractivity contribution in [3.05, 3.63) is 35.9 Å². The SMILES string of the molecule is CC(CN)(CN1CCSCC1S(C)(=O)=O)c1ccccc1. The Labute approximate surface area is 132 Å². The van der Waals surface area contributed by atoms with E-state index < -0.39 is 15.2 Å². The molecule has 0 spiro atoms. The Morgan fingerprint density at radius 1 is 1.38 bits per heavy atom. The smallest absolute Gasteiger partial charge is 0.164 e. The van der Waals surface area contributed by atoms with Gasteiger partial charge in [0.1, 0.15) is 5.37 Å². The maximum absolute atomic E-state index is 12.0. The Morgan fingerprint density at radius 2 is 2.05 bits per heavy atom. The third-order valence-electron chi connectivity index (χ3n) is 4.16. The molecule has 2 N–H and O–H groups in total. The summed E-state index contributed by atoms with van der Waals surface area (Å²) in [5.74, 6) is 1.62. The molecule has 0 saturated carbocycles. The lowest BCUT2D eigenvalue weighted by molar-refractivity contribution is 0.214. The van der Waals surface area contributed by atoms with Crippen LogP contribution in [0, 0.1) is 0 Å². The molecule has 1 saturated heterocycles. The Hall–Kier alpha value is -0.560. The molecule has 1 heterocycles. The van der Waals surface area contributed by atoms with E-state index in [4.69, 9.17) is 5.73 Å². The zero-order chi connectivity index (χ0) is 15.5. The first kappa shape index (κ1) is 16.8. The van der Waals surface area contributed by atoms with Crippen molar-refractivity contribution in [1.29, 1.82) is 0 Å². The van der Waals surface area contributed by atoms with Gasteiger partial charge < -0.3 is 5.73 Å². The summed E-state index contributed by atoms with van der Waals surface area (Å²) in [5.41, 5.74) is 6.96. The molecule has 4 nitrogen and oxygen atoms in total. The quantitative estimate of drug-likeness (QED) is 0.883. The summed E-state index contributed by atoms with van der Waals surface area (Å²) in [7, 11) is -3.07. The molecule has 1 aromatic rings. The first-order valence-electron chi connectivity index (χ1n) is 7.13. The standard InChI is InChI=1S/C15H24N2O2S2/c1-15(11-16,13-6-4-3-5-7-13)12-17-8-9-20-10-14(17)21(2,18)19/h3-7,14H,8-12,16H2,1-2H3. The van der Waals surface area contributed by atoms with Crippen molar-refractivity contribution >= 4 is 21.6 Å². The minimum absolute atomic E-state index is 0.230. The molecule has 2 unspecified atom stereocenters. The molecule has 0 radical (unpaired) electrons. The van der Waals surface area contributed by atoms with Crippen LogP contribution >= 0.6 is 11.8 Å². The van der Waals surface area contributed by atoms with Gasteiger partial charge in [0.15, 0.2) is 9.84 Å². The van der Waals surface area contributed by atoms with Gasteiger partial charge in [-0.15, -0.1) is 0 Å². The number of nitrogens with two attached hydrogens (primary N) is 1. The van der Waals surface area contributed by atoms with Gasteiger partial charge in [0.05, 0.1) is 0 Å². The Morgan fingerprint density at radius 3 is 2.62 bits per heavy atom. The molecule has 2 atom stereocenters. The van der Waals surface area contributed by atoms with Crippen molar-refractivity contribution < 1.29 is 8.42 Å². The van der Waals surface area contributed by atoms with Gasteiger partial charge in [-0.2, -0.15) is 11.8 Å². The molecule has 1 fully saturated rings. The van der Waals surface area contributed by atoms with E-state index >= 15 is 0 Å². The van der Waals surface area contributed by atoms with E-state index in [9.17, 15) is 8.42 Å². The summed E-state index contributed by atoms with van der Waals surface area (Å²) in [6.45, 7) is 4.08. The number of nitrogens with zero attached hydrogens (tertiary/aromatic N) is 1. The predicted octanol–water partition coefficient (Wildman–Crippen LogP) is 1.32. The highest BCUT2D eigenvalue weighted by Crippen LogP contribution is 2.28. The normalized spacial score (nSPS) is 23.7. The van der Waals surface area contributed by atoms with Gasteiger partial charge in [0, 0.05) is 42.8 Å². The second kappa shape index (κ2) is 6.69. The number of sulfone groups is 1. The van der Waals surface area contributed by atoms with E-state index in [1.807, 2.05) is 18.2 Å². The maximum atomic E-state index is 12.0. The molecule has 1 aliphatic rings. The number of rotatable bonds is 5. The van der Waals surface area contributed by atoms with Crippen LogP contribution in [0.1, 0.15) is 12.5 Å². The molecule has 118 valence electrons. The summed E-state index contributed by atoms with van der Waals surface area (Å²) in [6.07, 6.45) is 1.33. The summed E-state index contributed by atoms with van der Waals surface area (Å²) in [4.78, 5) is 2.09. The summed E-state index contributed by atoms with van der Waals surface area (Å²) < 4.78 is 24.0. The number of thioether (sulfide) groups is 1. The van der Waals surface area contributed by atoms with Crippen molar-refractivity contribution in [3.8, 4) is 0 Å². The highest BCUT2D eigenvalue weighted by atomic mass is 32.2. The molecule has 0 aliphatic carbocycles. The number of hydrogen-bond donors (Lipinski definition) is 1. The fourth-order valence-corrected chi connectivity index (χ4v) is 5.69. The lowest BCUT2D eigenvalue weighted by Gasteiger charge is -2.40. The van der Waals surface area contributed by atoms with Crippen molar-refractivity contribution in [2.75, 3.05) is 37.4 Å². The van der Waals surface area contributed by atoms with E-state index in [2.05, 4.69) is 24.0 Å². The van der Waals surface area contributed by atoms with Crippen molar-refractivity contribution in [3.63, 3.8) is 0 Å². The molecule has 2 rings (SSSR count). The van der Waals surface area contributed by atoms with E-state index in [0.717, 1.165) is 17.9 Å². The minimum Gasteiger partial charge on any atom is -0.330 e. The van der Waals surface area contributed by atoms with Crippen molar-refractivity contribution in [2.24, 2.45) is 5.73 Å². The van der Waals surface area contributed by atoms with Crippen LogP contribution in [0.25, 0.3) is 0 Å². The van der Waals surface area contributed by atoms with Gasteiger partial charge in [-0.25, -0.2) is 8.42 Å². The zero-order valence-corrected chi connectivity index (χ0v) is 14.3. The average Bonchev–Trinajstić information content (AvgIpc) is 2.47. The van der Waals surface area contributed by atoms with Crippen LogP contribution in [0.15, 0.2) is 30.3 Å². The van der Waals surface area contributed by atoms with Gasteiger partial charge in [-0.1, -0.05) is 37.3 Å². The molecule has 6 heteroatoms. The van der Waals surface area contributed by atoms with Gasteiger partial charge in [0.2, 0.25) is 0 Å². The predicted molar refractivity (Wildman–Crippen MR) is 90.4 cm³/mol. The van der Waals surface area contributed by atoms with E-state index in [-0.39, 0.29) is 5.41 Å². The molecule has 1 aromatic carbocycles. The van der Waals surface area contributed by atoms with Crippen LogP contribution in [0.2, 0.25) is 0 Å². The lowest BCUT2D eigenvalue weighted by atomic mass is 9.82. The van der Waals surface area contributed by atoms with Gasteiger partial charge in [-0.05, 0) is 5.56 Å². The second-order valence-corrected chi connectivity index (χ2v) is 9.31. The van der Waals surface area contributed by atoms with E-state index in [1.54, 1.807) is 11.8 Å². The van der Waals surface area contributed by atoms with Gasteiger partial charge >= 0.3 is 0 Å². The first-order chi connectivity index (χ1) is 9.87. The van der Waals surface area contributed by atoms with Gasteiger partial charge in [0.25, 0.3) is 0 Å². The molecule has 0 bridgehead atoms. The van der Waals surface area contributed by atoms with Gasteiger partial charge in [-0.3, -0.25) is 4.90 Å². The molecule has 21 heavy (non-hydrogen) atoms. The van der Waals surface area contributed by atoms with Crippen LogP contribution in [0.3, 0.4) is 0 Å². The average molecular weight is 329 g/mol. The molecule has 1 aliphatic heterocycles. The Balaban J connectivity index is 2.24. The third-order valence-corrected chi connectivity index (χ3v) is 6.85. The number of benzene rings is 1. The van der Waals surface area contributed by atoms with E-state index in [0.29, 0.717) is 18.8 Å². The minimum atomic E-state index is -3.07. The maximum Gasteiger partial charge on any atom is 0.164 e. The highest BCUT2D eigenvalue weighted by Gasteiger charge is 2.36. The van der Waals surface area contributed by atoms with E-state index in [1.165, 1.54) is 6.26 Å². The largest absolute Gasteiger partial charge is 0.330 e. The molecular formula is C15H24N2O2S2. The van der Waals surface area contributed by atoms with Crippen molar-refractivity contribution in [1.82, 2.24) is 4.90 Å². The topological polar surface area (TPSA) is 63.4 Å². The molecular weight excluding hydrogens is 304 g/mol. The summed E-state index contributed by atoms with van der Waals surface area (Å²) >= 11 is 1.71. The fraction of sp³-hybridized carbons (Fsp3) is 0.600. The number of hydrogen-bond acceptors (Lipinski definition) is 5. The van der Waals surface area contributed by atoms with Crippen molar-refractivity contribution in [2.45, 2.75) is 17.7 Å². The molecule has 0 aromatic heterocycles. The van der Waals surface area contributed by atoms with Crippen LogP contribution in [0.4, 0.5) is 0 Å². The summed E-state index contributed by atoms with van der Waals surface area (Å²) in [5, 5.41) is -0.397. The molecule has 0 amide bonds. The van der Waals surface area contributed by atoms with Crippen LogP contribution in [-0.2, 0) is 15.3 Å². The Bertz CT molecular complexity index is 562. The highest BCUT2D eigenvalue weighted by molar-refractivity contribution is 8.00. The fourth-order valence-electron chi connectivity index (χ4n) is 2.75. The van der Waals surface area contributed by atoms with Crippen LogP contribution in [-0.4, -0.2) is 56.1 Å². The third kappa shape index (κ3) is 4.00. The monoisotopic (exact) mass is 328 g/mol. The van der Waals surface area contributed by atoms with Crippen LogP contribution in [0.5, 0.6) is 0 Å². The Kier molecular flexibility index (Phi) is 5.35. The first-order valence-corrected chi connectivity index (χ1v) is 10.2. The van der Waals surface area contributed by atoms with Crippen LogP contribution < -0.4 is 5.73 Å². The lowest BCUT2D eigenvalue weighted by Crippen LogP contribution is -2.53. The summed E-state index contributed by atoms with van der Waals surface area (Å²) in [6, 6.07) is 10.1. The zero-order valence-electron chi connectivity index (χ0n) is 12.7.